The maximum Gasteiger partial charge on any atom is 0.192 e. The average Bonchev–Trinajstić information content (AvgIpc) is 3.40. The van der Waals surface area contributed by atoms with Gasteiger partial charge < -0.3 is 4.74 Å². The number of rotatable bonds is 3. The molecule has 4 heteroatoms. The van der Waals surface area contributed by atoms with E-state index in [1.54, 1.807) is 6.07 Å². The normalized spacial score (nSPS) is 22.1. The molecule has 0 unspecified atom stereocenters. The van der Waals surface area contributed by atoms with E-state index in [9.17, 15) is 4.79 Å². The molecular formula is C24H24Cl2O2. The fourth-order valence-corrected chi connectivity index (χ4v) is 4.61. The molecular weight excluding hydrogens is 391 g/mol. The number of ether oxygens (including phenoxy) is 1. The van der Waals surface area contributed by atoms with Gasteiger partial charge in [-0.3, -0.25) is 4.79 Å². The van der Waals surface area contributed by atoms with Crippen molar-refractivity contribution in [3.63, 3.8) is 0 Å². The van der Waals surface area contributed by atoms with Gasteiger partial charge in [-0.25, -0.2) is 0 Å². The van der Waals surface area contributed by atoms with Crippen LogP contribution in [-0.2, 0) is 9.53 Å². The molecule has 2 fully saturated rings. The number of ketones is 1. The third-order valence-electron chi connectivity index (χ3n) is 5.60. The molecule has 0 spiro atoms. The quantitative estimate of drug-likeness (QED) is 0.501. The van der Waals surface area contributed by atoms with Gasteiger partial charge in [0.15, 0.2) is 5.78 Å². The highest BCUT2D eigenvalue weighted by Crippen LogP contribution is 2.45. The fraction of sp³-hybridized carbons (Fsp3) is 0.375. The van der Waals surface area contributed by atoms with Crippen LogP contribution >= 0.6 is 23.2 Å². The molecule has 4 rings (SSSR count). The molecule has 2 aromatic rings. The van der Waals surface area contributed by atoms with Gasteiger partial charge in [-0.1, -0.05) is 41.4 Å². The van der Waals surface area contributed by atoms with Gasteiger partial charge in [0.05, 0.1) is 5.60 Å². The first-order chi connectivity index (χ1) is 13.1. The molecule has 28 heavy (non-hydrogen) atoms. The summed E-state index contributed by atoms with van der Waals surface area (Å²) in [6.07, 6.45) is 4.41. The van der Waals surface area contributed by atoms with Gasteiger partial charge in [0.2, 0.25) is 0 Å². The topological polar surface area (TPSA) is 26.3 Å². The number of carbonyl (C=O) groups excluding carboxylic acids is 1. The maximum absolute atomic E-state index is 13.0. The van der Waals surface area contributed by atoms with Gasteiger partial charge in [-0.2, -0.15) is 0 Å². The fourth-order valence-electron chi connectivity index (χ4n) is 4.09. The molecule has 0 bridgehead atoms. The number of hydrogen-bond acceptors (Lipinski definition) is 2. The van der Waals surface area contributed by atoms with Crippen LogP contribution in [0, 0.1) is 0 Å². The minimum Gasteiger partial charge on any atom is -0.357 e. The second-order valence-corrected chi connectivity index (χ2v) is 9.60. The van der Waals surface area contributed by atoms with Gasteiger partial charge in [0.1, 0.15) is 5.60 Å². The summed E-state index contributed by atoms with van der Waals surface area (Å²) in [6.45, 7) is 7.59. The zero-order chi connectivity index (χ0) is 20.3. The zero-order valence-electron chi connectivity index (χ0n) is 16.6. The molecule has 1 aliphatic carbocycles. The summed E-state index contributed by atoms with van der Waals surface area (Å²) in [5.74, 6) is 0.615. The predicted octanol–water partition coefficient (Wildman–Crippen LogP) is 7.08. The number of carbonyl (C=O) groups is 1. The van der Waals surface area contributed by atoms with Crippen molar-refractivity contribution in [1.29, 1.82) is 0 Å². The van der Waals surface area contributed by atoms with E-state index >= 15 is 0 Å². The molecule has 146 valence electrons. The van der Waals surface area contributed by atoms with Crippen molar-refractivity contribution in [3.8, 4) is 11.1 Å². The van der Waals surface area contributed by atoms with Gasteiger partial charge in [-0.05, 0) is 87.4 Å². The van der Waals surface area contributed by atoms with Crippen LogP contribution in [0.1, 0.15) is 57.6 Å². The van der Waals surface area contributed by atoms with Crippen LogP contribution in [0.4, 0.5) is 0 Å². The Hall–Kier alpha value is -1.61. The predicted molar refractivity (Wildman–Crippen MR) is 116 cm³/mol. The highest BCUT2D eigenvalue weighted by atomic mass is 35.5. The van der Waals surface area contributed by atoms with Crippen molar-refractivity contribution in [3.05, 3.63) is 63.1 Å². The molecule has 2 aromatic carbocycles. The summed E-state index contributed by atoms with van der Waals surface area (Å²) in [5.41, 5.74) is 3.61. The molecule has 0 atom stereocenters. The average molecular weight is 415 g/mol. The molecule has 0 amide bonds. The second kappa shape index (κ2) is 6.73. The Morgan fingerprint density at radius 2 is 1.71 bits per heavy atom. The number of benzene rings is 2. The lowest BCUT2D eigenvalue weighted by Gasteiger charge is -2.22. The van der Waals surface area contributed by atoms with E-state index in [2.05, 4.69) is 18.2 Å². The summed E-state index contributed by atoms with van der Waals surface area (Å²) in [4.78, 5) is 13.0. The van der Waals surface area contributed by atoms with E-state index in [4.69, 9.17) is 27.9 Å². The SMILES string of the molecule is CC1(C)OC(C)(C)/C(=C/c2cc(-c3ccc(Cl)cc3Cl)ccc2C2CC2)C1=O. The smallest absolute Gasteiger partial charge is 0.192 e. The first-order valence-electron chi connectivity index (χ1n) is 9.65. The Morgan fingerprint density at radius 1 is 1.00 bits per heavy atom. The molecule has 0 aromatic heterocycles. The summed E-state index contributed by atoms with van der Waals surface area (Å²) in [5, 5.41) is 1.23. The van der Waals surface area contributed by atoms with Crippen LogP contribution < -0.4 is 0 Å². The standard InChI is InChI=1S/C24H24Cl2O2/c1-23(2)20(22(27)24(3,4)28-23)12-16-11-15(7-9-18(16)14-5-6-14)19-10-8-17(25)13-21(19)26/h7-14H,5-6H2,1-4H3/b20-12+. The minimum absolute atomic E-state index is 0.0502. The van der Waals surface area contributed by atoms with Crippen molar-refractivity contribution >= 4 is 35.1 Å². The van der Waals surface area contributed by atoms with E-state index in [0.717, 1.165) is 22.3 Å². The Balaban J connectivity index is 1.85. The lowest BCUT2D eigenvalue weighted by atomic mass is 9.88. The highest BCUT2D eigenvalue weighted by Gasteiger charge is 2.49. The summed E-state index contributed by atoms with van der Waals surface area (Å²) in [7, 11) is 0. The van der Waals surface area contributed by atoms with Crippen molar-refractivity contribution in [2.75, 3.05) is 0 Å². The van der Waals surface area contributed by atoms with Crippen molar-refractivity contribution < 1.29 is 9.53 Å². The third kappa shape index (κ3) is 3.54. The lowest BCUT2D eigenvalue weighted by molar-refractivity contribution is -0.132. The van der Waals surface area contributed by atoms with Crippen LogP contribution in [0.2, 0.25) is 10.0 Å². The van der Waals surface area contributed by atoms with E-state index in [0.29, 0.717) is 16.0 Å². The highest BCUT2D eigenvalue weighted by molar-refractivity contribution is 6.36. The van der Waals surface area contributed by atoms with E-state index in [1.165, 1.54) is 18.4 Å². The van der Waals surface area contributed by atoms with E-state index in [1.807, 2.05) is 45.9 Å². The molecule has 1 heterocycles. The summed E-state index contributed by atoms with van der Waals surface area (Å²) >= 11 is 12.5. The second-order valence-electron chi connectivity index (χ2n) is 8.75. The van der Waals surface area contributed by atoms with Crippen molar-refractivity contribution in [2.24, 2.45) is 0 Å². The number of halogens is 2. The van der Waals surface area contributed by atoms with E-state index in [-0.39, 0.29) is 5.78 Å². The zero-order valence-corrected chi connectivity index (χ0v) is 18.1. The monoisotopic (exact) mass is 414 g/mol. The lowest BCUT2D eigenvalue weighted by Crippen LogP contribution is -2.29. The Kier molecular flexibility index (Phi) is 4.73. The number of hydrogen-bond donors (Lipinski definition) is 0. The third-order valence-corrected chi connectivity index (χ3v) is 6.14. The van der Waals surface area contributed by atoms with Gasteiger partial charge in [0.25, 0.3) is 0 Å². The molecule has 2 nitrogen and oxygen atoms in total. The molecule has 0 radical (unpaired) electrons. The minimum atomic E-state index is -0.799. The maximum atomic E-state index is 13.0. The van der Waals surface area contributed by atoms with Crippen LogP contribution in [0.5, 0.6) is 0 Å². The first-order valence-corrected chi connectivity index (χ1v) is 10.4. The molecule has 1 aliphatic heterocycles. The van der Waals surface area contributed by atoms with Gasteiger partial charge >= 0.3 is 0 Å². The van der Waals surface area contributed by atoms with Crippen molar-refractivity contribution in [1.82, 2.24) is 0 Å². The summed E-state index contributed by atoms with van der Waals surface area (Å²) < 4.78 is 6.04. The number of Topliss-reactive ketones (excluding diaryl/α,β-unsaturated/α-hetero) is 1. The van der Waals surface area contributed by atoms with Crippen LogP contribution in [0.25, 0.3) is 17.2 Å². The Bertz CT molecular complexity index is 998. The van der Waals surface area contributed by atoms with Gasteiger partial charge in [-0.15, -0.1) is 0 Å². The van der Waals surface area contributed by atoms with E-state index < -0.39 is 11.2 Å². The van der Waals surface area contributed by atoms with Crippen LogP contribution in [0.3, 0.4) is 0 Å². The van der Waals surface area contributed by atoms with Crippen LogP contribution in [-0.4, -0.2) is 17.0 Å². The van der Waals surface area contributed by atoms with Gasteiger partial charge in [0, 0.05) is 21.2 Å². The first kappa shape index (κ1) is 19.7. The largest absolute Gasteiger partial charge is 0.357 e. The Morgan fingerprint density at radius 3 is 2.29 bits per heavy atom. The molecule has 1 saturated heterocycles. The molecule has 2 aliphatic rings. The van der Waals surface area contributed by atoms with Crippen molar-refractivity contribution in [2.45, 2.75) is 57.7 Å². The Labute approximate surface area is 176 Å². The van der Waals surface area contributed by atoms with Crippen LogP contribution in [0.15, 0.2) is 42.0 Å². The molecule has 0 N–H and O–H groups in total. The molecule has 1 saturated carbocycles. The summed E-state index contributed by atoms with van der Waals surface area (Å²) in [6, 6.07) is 11.9.